The van der Waals surface area contributed by atoms with Crippen LogP contribution in [0.5, 0.6) is 0 Å². The molecular weight excluding hydrogens is 633 g/mol. The SMILES string of the molecule is c1ccc(-c2ccc(-c3cccc(N(c4cccc(-c5cccc6ccccc56)c4)c4cccc5oc6c7ccccc7ncc6c45)c3)cc2)cc1. The Balaban J connectivity index is 1.18. The predicted molar refractivity (Wildman–Crippen MR) is 218 cm³/mol. The van der Waals surface area contributed by atoms with Gasteiger partial charge in [-0.05, 0) is 92.7 Å². The number of benzene rings is 8. The zero-order valence-electron chi connectivity index (χ0n) is 28.3. The van der Waals surface area contributed by atoms with Gasteiger partial charge in [-0.1, -0.05) is 140 Å². The van der Waals surface area contributed by atoms with Gasteiger partial charge < -0.3 is 9.32 Å². The Labute approximate surface area is 301 Å². The third-order valence-corrected chi connectivity index (χ3v) is 10.1. The summed E-state index contributed by atoms with van der Waals surface area (Å²) in [6.45, 7) is 0. The maximum Gasteiger partial charge on any atom is 0.146 e. The molecule has 0 saturated heterocycles. The summed E-state index contributed by atoms with van der Waals surface area (Å²) in [5.74, 6) is 0. The minimum Gasteiger partial charge on any atom is -0.455 e. The Bertz CT molecular complexity index is 2900. The van der Waals surface area contributed by atoms with Crippen LogP contribution in [-0.2, 0) is 0 Å². The monoisotopic (exact) mass is 664 g/mol. The highest BCUT2D eigenvalue weighted by Gasteiger charge is 2.21. The topological polar surface area (TPSA) is 29.3 Å². The number of fused-ring (bicyclic) bond motifs is 6. The summed E-state index contributed by atoms with van der Waals surface area (Å²) in [5, 5.41) is 5.49. The Morgan fingerprint density at radius 2 is 1.02 bits per heavy atom. The molecule has 0 radical (unpaired) electrons. The molecule has 52 heavy (non-hydrogen) atoms. The van der Waals surface area contributed by atoms with E-state index in [1.54, 1.807) is 0 Å². The summed E-state index contributed by atoms with van der Waals surface area (Å²) in [5.41, 5.74) is 12.8. The molecule has 3 nitrogen and oxygen atoms in total. The van der Waals surface area contributed by atoms with Gasteiger partial charge in [-0.2, -0.15) is 0 Å². The fourth-order valence-electron chi connectivity index (χ4n) is 7.60. The van der Waals surface area contributed by atoms with Gasteiger partial charge in [0.2, 0.25) is 0 Å². The molecule has 0 N–H and O–H groups in total. The van der Waals surface area contributed by atoms with Gasteiger partial charge in [-0.15, -0.1) is 0 Å². The van der Waals surface area contributed by atoms with Crippen molar-refractivity contribution in [3.05, 3.63) is 194 Å². The molecule has 2 aromatic heterocycles. The largest absolute Gasteiger partial charge is 0.455 e. The Hall–Kier alpha value is -6.97. The van der Waals surface area contributed by atoms with Crippen LogP contribution in [0.4, 0.5) is 17.1 Å². The molecular formula is C49H32N2O. The van der Waals surface area contributed by atoms with Crippen molar-refractivity contribution in [2.24, 2.45) is 0 Å². The summed E-state index contributed by atoms with van der Waals surface area (Å²) in [6, 6.07) is 66.7. The number of nitrogens with zero attached hydrogens (tertiary/aromatic N) is 2. The van der Waals surface area contributed by atoms with Gasteiger partial charge in [0.1, 0.15) is 11.2 Å². The fraction of sp³-hybridized carbons (Fsp3) is 0. The highest BCUT2D eigenvalue weighted by molar-refractivity contribution is 6.18. The number of rotatable bonds is 6. The fourth-order valence-corrected chi connectivity index (χ4v) is 7.60. The van der Waals surface area contributed by atoms with Gasteiger partial charge in [0.25, 0.3) is 0 Å². The van der Waals surface area contributed by atoms with E-state index in [0.29, 0.717) is 0 Å². The standard InChI is InChI=1S/C49H32N2O/c1-2-12-33(13-3-1)34-26-28-35(29-27-34)37-16-8-18-39(30-37)51(40-19-9-17-38(31-40)42-22-10-15-36-14-4-5-20-41(36)42)46-24-11-25-47-48(46)44-32-50-45-23-7-6-21-43(45)49(44)52-47/h1-32H. The zero-order chi connectivity index (χ0) is 34.4. The number of hydrogen-bond donors (Lipinski definition) is 0. The van der Waals surface area contributed by atoms with Crippen molar-refractivity contribution in [2.45, 2.75) is 0 Å². The second kappa shape index (κ2) is 12.4. The minimum absolute atomic E-state index is 0.827. The van der Waals surface area contributed by atoms with E-state index >= 15 is 0 Å². The minimum atomic E-state index is 0.827. The highest BCUT2D eigenvalue weighted by atomic mass is 16.3. The molecule has 0 atom stereocenters. The molecule has 0 amide bonds. The van der Waals surface area contributed by atoms with Crippen LogP contribution in [0.2, 0.25) is 0 Å². The van der Waals surface area contributed by atoms with Crippen molar-refractivity contribution < 1.29 is 4.42 Å². The smallest absolute Gasteiger partial charge is 0.146 e. The number of aromatic nitrogens is 1. The Kier molecular flexibility index (Phi) is 7.14. The maximum absolute atomic E-state index is 6.64. The Morgan fingerprint density at radius 3 is 1.85 bits per heavy atom. The van der Waals surface area contributed by atoms with E-state index in [1.165, 1.54) is 27.5 Å². The first-order valence-corrected chi connectivity index (χ1v) is 17.6. The van der Waals surface area contributed by atoms with E-state index in [1.807, 2.05) is 24.4 Å². The molecule has 0 aliphatic heterocycles. The zero-order valence-corrected chi connectivity index (χ0v) is 28.3. The van der Waals surface area contributed by atoms with Crippen molar-refractivity contribution in [3.63, 3.8) is 0 Å². The van der Waals surface area contributed by atoms with Crippen LogP contribution in [0.15, 0.2) is 199 Å². The molecule has 0 spiro atoms. The van der Waals surface area contributed by atoms with Crippen molar-refractivity contribution in [1.29, 1.82) is 0 Å². The molecule has 10 aromatic rings. The van der Waals surface area contributed by atoms with Gasteiger partial charge in [0, 0.05) is 28.3 Å². The lowest BCUT2D eigenvalue weighted by Gasteiger charge is -2.27. The van der Waals surface area contributed by atoms with Gasteiger partial charge >= 0.3 is 0 Å². The molecule has 8 aromatic carbocycles. The molecule has 0 aliphatic carbocycles. The number of pyridine rings is 1. The normalized spacial score (nSPS) is 11.5. The number of hydrogen-bond acceptors (Lipinski definition) is 3. The molecule has 0 aliphatic rings. The second-order valence-electron chi connectivity index (χ2n) is 13.2. The Morgan fingerprint density at radius 1 is 0.423 bits per heavy atom. The van der Waals surface area contributed by atoms with Gasteiger partial charge in [-0.3, -0.25) is 4.98 Å². The molecule has 0 bridgehead atoms. The van der Waals surface area contributed by atoms with Crippen LogP contribution in [0, 0.1) is 0 Å². The third kappa shape index (κ3) is 5.10. The maximum atomic E-state index is 6.64. The summed E-state index contributed by atoms with van der Waals surface area (Å²) < 4.78 is 6.64. The van der Waals surface area contributed by atoms with E-state index in [4.69, 9.17) is 9.40 Å². The molecule has 10 rings (SSSR count). The molecule has 244 valence electrons. The van der Waals surface area contributed by atoms with Crippen LogP contribution < -0.4 is 4.90 Å². The van der Waals surface area contributed by atoms with Crippen molar-refractivity contribution in [2.75, 3.05) is 4.90 Å². The summed E-state index contributed by atoms with van der Waals surface area (Å²) in [4.78, 5) is 7.23. The lowest BCUT2D eigenvalue weighted by molar-refractivity contribution is 0.672. The highest BCUT2D eigenvalue weighted by Crippen LogP contribution is 2.45. The lowest BCUT2D eigenvalue weighted by Crippen LogP contribution is -2.10. The summed E-state index contributed by atoms with van der Waals surface area (Å²) in [7, 11) is 0. The summed E-state index contributed by atoms with van der Waals surface area (Å²) >= 11 is 0. The van der Waals surface area contributed by atoms with Crippen LogP contribution in [0.1, 0.15) is 0 Å². The number of para-hydroxylation sites is 1. The van der Waals surface area contributed by atoms with E-state index < -0.39 is 0 Å². The van der Waals surface area contributed by atoms with Crippen molar-refractivity contribution in [3.8, 4) is 33.4 Å². The number of furan rings is 1. The lowest BCUT2D eigenvalue weighted by atomic mass is 9.97. The van der Waals surface area contributed by atoms with E-state index in [-0.39, 0.29) is 0 Å². The van der Waals surface area contributed by atoms with Crippen LogP contribution >= 0.6 is 0 Å². The van der Waals surface area contributed by atoms with Gasteiger partial charge in [0.05, 0.1) is 16.6 Å². The van der Waals surface area contributed by atoms with E-state index in [0.717, 1.165) is 66.6 Å². The molecule has 2 heterocycles. The second-order valence-corrected chi connectivity index (χ2v) is 13.2. The average molecular weight is 665 g/mol. The summed E-state index contributed by atoms with van der Waals surface area (Å²) in [6.07, 6.45) is 1.96. The first kappa shape index (κ1) is 29.9. The van der Waals surface area contributed by atoms with Crippen LogP contribution in [0.3, 0.4) is 0 Å². The molecule has 0 fully saturated rings. The third-order valence-electron chi connectivity index (χ3n) is 10.1. The first-order valence-electron chi connectivity index (χ1n) is 17.6. The number of anilines is 3. The van der Waals surface area contributed by atoms with Crippen molar-refractivity contribution in [1.82, 2.24) is 4.98 Å². The van der Waals surface area contributed by atoms with Crippen molar-refractivity contribution >= 4 is 60.7 Å². The molecule has 3 heteroatoms. The van der Waals surface area contributed by atoms with Gasteiger partial charge in [0.15, 0.2) is 0 Å². The predicted octanol–water partition coefficient (Wildman–Crippen LogP) is 13.8. The quantitative estimate of drug-likeness (QED) is 0.177. The molecule has 0 unspecified atom stereocenters. The van der Waals surface area contributed by atoms with E-state index in [9.17, 15) is 0 Å². The van der Waals surface area contributed by atoms with Gasteiger partial charge in [-0.25, -0.2) is 0 Å². The van der Waals surface area contributed by atoms with E-state index in [2.05, 4.69) is 175 Å². The first-order chi connectivity index (χ1) is 25.8. The van der Waals surface area contributed by atoms with Crippen LogP contribution in [0.25, 0.3) is 77.0 Å². The molecule has 0 saturated carbocycles. The van der Waals surface area contributed by atoms with Crippen LogP contribution in [-0.4, -0.2) is 4.98 Å². The average Bonchev–Trinajstić information content (AvgIpc) is 3.62.